The summed E-state index contributed by atoms with van der Waals surface area (Å²) in [5, 5.41) is 4.37. The number of fused-ring (bicyclic) bond motifs is 1. The average Bonchev–Trinajstić information content (AvgIpc) is 3.34. The summed E-state index contributed by atoms with van der Waals surface area (Å²) in [6, 6.07) is 9.97. The normalized spacial score (nSPS) is 11.0. The van der Waals surface area contributed by atoms with Crippen molar-refractivity contribution in [2.45, 2.75) is 26.6 Å². The fourth-order valence-corrected chi connectivity index (χ4v) is 3.16. The molecule has 0 aliphatic rings. The number of terminal acetylenes is 1. The highest BCUT2D eigenvalue weighted by atomic mass is 16.2. The van der Waals surface area contributed by atoms with Crippen molar-refractivity contribution >= 4 is 11.2 Å². The number of rotatable bonds is 5. The van der Waals surface area contributed by atoms with Crippen LogP contribution in [0.1, 0.15) is 12.5 Å². The fraction of sp³-hybridized carbons (Fsp3) is 0.200. The SMILES string of the molecule is C#CCn1c(=O)c2[nH]c(-c3cnn(Cc4ccccc4)c3)nc2n(CC)c1=O. The first kappa shape index (κ1) is 17.5. The highest BCUT2D eigenvalue weighted by Gasteiger charge is 2.17. The Balaban J connectivity index is 1.79. The molecule has 1 N–H and O–H groups in total. The number of imidazole rings is 1. The Labute approximate surface area is 160 Å². The molecule has 28 heavy (non-hydrogen) atoms. The lowest BCUT2D eigenvalue weighted by Gasteiger charge is -2.06. The van der Waals surface area contributed by atoms with Crippen molar-refractivity contribution in [2.24, 2.45) is 0 Å². The minimum absolute atomic E-state index is 0.0863. The second kappa shape index (κ2) is 7.04. The third-order valence-electron chi connectivity index (χ3n) is 4.52. The smallest absolute Gasteiger partial charge is 0.332 e. The van der Waals surface area contributed by atoms with Gasteiger partial charge in [0.25, 0.3) is 5.56 Å². The summed E-state index contributed by atoms with van der Waals surface area (Å²) >= 11 is 0. The molecule has 8 nitrogen and oxygen atoms in total. The van der Waals surface area contributed by atoms with Gasteiger partial charge in [0.15, 0.2) is 5.65 Å². The van der Waals surface area contributed by atoms with E-state index in [9.17, 15) is 9.59 Å². The van der Waals surface area contributed by atoms with Gasteiger partial charge in [0.2, 0.25) is 0 Å². The molecule has 4 rings (SSSR count). The van der Waals surface area contributed by atoms with Crippen LogP contribution < -0.4 is 11.2 Å². The minimum atomic E-state index is -0.474. The van der Waals surface area contributed by atoms with Gasteiger partial charge in [0.1, 0.15) is 11.3 Å². The molecule has 0 radical (unpaired) electrons. The molecule has 0 atom stereocenters. The van der Waals surface area contributed by atoms with Crippen molar-refractivity contribution in [3.05, 3.63) is 69.1 Å². The molecule has 0 saturated carbocycles. The third-order valence-corrected chi connectivity index (χ3v) is 4.52. The van der Waals surface area contributed by atoms with E-state index in [-0.39, 0.29) is 12.1 Å². The molecule has 0 bridgehead atoms. The summed E-state index contributed by atoms with van der Waals surface area (Å²) < 4.78 is 4.26. The minimum Gasteiger partial charge on any atom is -0.332 e. The topological polar surface area (TPSA) is 90.5 Å². The molecule has 0 unspecified atom stereocenters. The predicted octanol–water partition coefficient (Wildman–Crippen LogP) is 1.45. The van der Waals surface area contributed by atoms with Crippen molar-refractivity contribution < 1.29 is 0 Å². The molecule has 1 aromatic carbocycles. The fourth-order valence-electron chi connectivity index (χ4n) is 3.16. The van der Waals surface area contributed by atoms with E-state index in [0.29, 0.717) is 24.6 Å². The molecule has 0 aliphatic carbocycles. The van der Waals surface area contributed by atoms with Crippen LogP contribution in [0.25, 0.3) is 22.6 Å². The number of benzene rings is 1. The van der Waals surface area contributed by atoms with Gasteiger partial charge in [0.05, 0.1) is 24.8 Å². The number of nitrogens with one attached hydrogen (secondary N) is 1. The summed E-state index contributed by atoms with van der Waals surface area (Å²) in [5.41, 5.74) is 1.48. The quantitative estimate of drug-likeness (QED) is 0.536. The van der Waals surface area contributed by atoms with Gasteiger partial charge < -0.3 is 4.98 Å². The molecular weight excluding hydrogens is 356 g/mol. The van der Waals surface area contributed by atoms with Crippen molar-refractivity contribution in [1.29, 1.82) is 0 Å². The number of aromatic amines is 1. The molecule has 0 spiro atoms. The van der Waals surface area contributed by atoms with Crippen LogP contribution in [0.4, 0.5) is 0 Å². The lowest BCUT2D eigenvalue weighted by atomic mass is 10.2. The maximum Gasteiger partial charge on any atom is 0.333 e. The second-order valence-corrected chi connectivity index (χ2v) is 6.32. The van der Waals surface area contributed by atoms with E-state index in [1.807, 2.05) is 43.5 Å². The van der Waals surface area contributed by atoms with Gasteiger partial charge in [-0.15, -0.1) is 6.42 Å². The molecule has 0 saturated heterocycles. The van der Waals surface area contributed by atoms with Crippen molar-refractivity contribution in [2.75, 3.05) is 0 Å². The largest absolute Gasteiger partial charge is 0.333 e. The standard InChI is InChI=1S/C20H18N6O2/c1-3-10-26-19(27)16-18(25(4-2)20(26)28)23-17(22-16)15-11-21-24(13-15)12-14-8-6-5-7-9-14/h1,5-9,11,13H,4,10,12H2,2H3,(H,22,23). The third kappa shape index (κ3) is 2.93. The van der Waals surface area contributed by atoms with E-state index >= 15 is 0 Å². The summed E-state index contributed by atoms with van der Waals surface area (Å²) in [4.78, 5) is 32.7. The molecule has 3 aromatic heterocycles. The van der Waals surface area contributed by atoms with Crippen molar-refractivity contribution in [1.82, 2.24) is 28.9 Å². The molecule has 3 heterocycles. The Morgan fingerprint density at radius 2 is 1.96 bits per heavy atom. The number of aryl methyl sites for hydroxylation is 1. The van der Waals surface area contributed by atoms with Crippen LogP contribution in [0.5, 0.6) is 0 Å². The Morgan fingerprint density at radius 1 is 1.18 bits per heavy atom. The summed E-state index contributed by atoms with van der Waals surface area (Å²) in [5.74, 6) is 2.83. The number of aromatic nitrogens is 6. The van der Waals surface area contributed by atoms with E-state index < -0.39 is 11.2 Å². The lowest BCUT2D eigenvalue weighted by Crippen LogP contribution is -2.39. The van der Waals surface area contributed by atoms with Gasteiger partial charge in [-0.25, -0.2) is 14.3 Å². The highest BCUT2D eigenvalue weighted by Crippen LogP contribution is 2.18. The van der Waals surface area contributed by atoms with Crippen LogP contribution in [0.3, 0.4) is 0 Å². The Bertz CT molecular complexity index is 1300. The first-order valence-electron chi connectivity index (χ1n) is 8.86. The van der Waals surface area contributed by atoms with E-state index in [1.165, 1.54) is 4.57 Å². The van der Waals surface area contributed by atoms with E-state index in [0.717, 1.165) is 15.7 Å². The second-order valence-electron chi connectivity index (χ2n) is 6.32. The van der Waals surface area contributed by atoms with Gasteiger partial charge in [-0.2, -0.15) is 5.10 Å². The Hall–Kier alpha value is -3.86. The number of H-pyrrole nitrogens is 1. The van der Waals surface area contributed by atoms with Crippen molar-refractivity contribution in [3.8, 4) is 23.7 Å². The molecule has 0 amide bonds. The molecule has 140 valence electrons. The first-order valence-corrected chi connectivity index (χ1v) is 8.86. The van der Waals surface area contributed by atoms with E-state index in [4.69, 9.17) is 6.42 Å². The first-order chi connectivity index (χ1) is 13.6. The van der Waals surface area contributed by atoms with Gasteiger partial charge in [0, 0.05) is 12.7 Å². The molecule has 8 heteroatoms. The number of hydrogen-bond acceptors (Lipinski definition) is 4. The Kier molecular flexibility index (Phi) is 4.41. The molecule has 0 aliphatic heterocycles. The van der Waals surface area contributed by atoms with Gasteiger partial charge in [-0.3, -0.25) is 14.0 Å². The van der Waals surface area contributed by atoms with Gasteiger partial charge >= 0.3 is 5.69 Å². The summed E-state index contributed by atoms with van der Waals surface area (Å²) in [6.45, 7) is 2.72. The van der Waals surface area contributed by atoms with Gasteiger partial charge in [-0.05, 0) is 12.5 Å². The molecule has 0 fully saturated rings. The Morgan fingerprint density at radius 3 is 2.68 bits per heavy atom. The number of hydrogen-bond donors (Lipinski definition) is 1. The van der Waals surface area contributed by atoms with Crippen LogP contribution >= 0.6 is 0 Å². The van der Waals surface area contributed by atoms with E-state index in [1.54, 1.807) is 10.9 Å². The average molecular weight is 374 g/mol. The summed E-state index contributed by atoms with van der Waals surface area (Å²) in [6.07, 6.45) is 8.82. The maximum absolute atomic E-state index is 12.7. The zero-order valence-corrected chi connectivity index (χ0v) is 15.3. The highest BCUT2D eigenvalue weighted by molar-refractivity contribution is 5.75. The molecule has 4 aromatic rings. The van der Waals surface area contributed by atoms with Crippen LogP contribution in [0, 0.1) is 12.3 Å². The van der Waals surface area contributed by atoms with Gasteiger partial charge in [-0.1, -0.05) is 36.3 Å². The maximum atomic E-state index is 12.7. The van der Waals surface area contributed by atoms with Crippen LogP contribution in [-0.4, -0.2) is 28.9 Å². The predicted molar refractivity (Wildman–Crippen MR) is 106 cm³/mol. The number of nitrogens with zero attached hydrogens (tertiary/aromatic N) is 5. The summed E-state index contributed by atoms with van der Waals surface area (Å²) in [7, 11) is 0. The lowest BCUT2D eigenvalue weighted by molar-refractivity contribution is 0.632. The monoisotopic (exact) mass is 374 g/mol. The zero-order chi connectivity index (χ0) is 19.7. The van der Waals surface area contributed by atoms with Crippen LogP contribution in [0.2, 0.25) is 0 Å². The van der Waals surface area contributed by atoms with Crippen LogP contribution in [0.15, 0.2) is 52.3 Å². The zero-order valence-electron chi connectivity index (χ0n) is 15.3. The van der Waals surface area contributed by atoms with Crippen molar-refractivity contribution in [3.63, 3.8) is 0 Å². The van der Waals surface area contributed by atoms with E-state index in [2.05, 4.69) is 21.0 Å². The van der Waals surface area contributed by atoms with Crippen LogP contribution in [-0.2, 0) is 19.6 Å². The molecular formula is C20H18N6O2.